The van der Waals surface area contributed by atoms with Gasteiger partial charge in [-0.05, 0) is 57.3 Å². The van der Waals surface area contributed by atoms with Crippen LogP contribution < -0.4 is 0 Å². The van der Waals surface area contributed by atoms with Crippen molar-refractivity contribution in [2.45, 2.75) is 0 Å². The minimum atomic E-state index is 0.582. The average Bonchev–Trinajstić information content (AvgIpc) is 3.58. The number of furan rings is 1. The number of nitrogens with zero attached hydrogens (tertiary/aromatic N) is 4. The fraction of sp³-hybridized carbons (Fsp3) is 0. The molecule has 0 bridgehead atoms. The van der Waals surface area contributed by atoms with Crippen molar-refractivity contribution in [1.29, 1.82) is 0 Å². The number of fused-ring (bicyclic) bond motifs is 6. The van der Waals surface area contributed by atoms with Crippen LogP contribution in [0.4, 0.5) is 0 Å². The third-order valence-electron chi connectivity index (χ3n) is 7.92. The van der Waals surface area contributed by atoms with E-state index in [0.717, 1.165) is 38.8 Å². The number of aromatic nitrogens is 4. The maximum atomic E-state index is 6.12. The lowest BCUT2D eigenvalue weighted by Gasteiger charge is -2.10. The lowest BCUT2D eigenvalue weighted by molar-refractivity contribution is 0.668. The van der Waals surface area contributed by atoms with Gasteiger partial charge in [-0.2, -0.15) is 0 Å². The number of hydrogen-bond acceptors (Lipinski definition) is 5. The lowest BCUT2D eigenvalue weighted by Crippen LogP contribution is -2.00. The Morgan fingerprint density at radius 3 is 2.00 bits per heavy atom. The van der Waals surface area contributed by atoms with Crippen LogP contribution in [0.2, 0.25) is 0 Å². The zero-order valence-electron chi connectivity index (χ0n) is 21.7. The third-order valence-corrected chi connectivity index (χ3v) is 7.92. The van der Waals surface area contributed by atoms with E-state index in [-0.39, 0.29) is 0 Å². The minimum absolute atomic E-state index is 0.582. The standard InChI is InChI=1S/C36H20N4O/c1-2-8-22(9-3-1)34-38-35(23-17-18-24-25-12-4-10-21-11-5-13-26(31(21)25)28(24)20-23)40-36(39-34)27-14-6-15-29-32(27)33-30(41-29)16-7-19-37-33/h1-20H. The fourth-order valence-corrected chi connectivity index (χ4v) is 6.10. The molecule has 0 saturated carbocycles. The highest BCUT2D eigenvalue weighted by Gasteiger charge is 2.23. The Kier molecular flexibility index (Phi) is 4.55. The number of benzene rings is 5. The molecule has 0 saturated heterocycles. The van der Waals surface area contributed by atoms with Gasteiger partial charge >= 0.3 is 0 Å². The first-order valence-electron chi connectivity index (χ1n) is 13.6. The van der Waals surface area contributed by atoms with Gasteiger partial charge in [0.2, 0.25) is 0 Å². The summed E-state index contributed by atoms with van der Waals surface area (Å²) in [7, 11) is 0. The monoisotopic (exact) mass is 524 g/mol. The lowest BCUT2D eigenvalue weighted by atomic mass is 10.0. The Morgan fingerprint density at radius 2 is 1.15 bits per heavy atom. The summed E-state index contributed by atoms with van der Waals surface area (Å²) in [5.41, 5.74) is 9.96. The second kappa shape index (κ2) is 8.41. The van der Waals surface area contributed by atoms with Crippen LogP contribution in [0.3, 0.4) is 0 Å². The van der Waals surface area contributed by atoms with Gasteiger partial charge in [-0.25, -0.2) is 15.0 Å². The molecule has 0 radical (unpaired) electrons. The summed E-state index contributed by atoms with van der Waals surface area (Å²) < 4.78 is 6.12. The van der Waals surface area contributed by atoms with Crippen molar-refractivity contribution in [1.82, 2.24) is 19.9 Å². The van der Waals surface area contributed by atoms with Gasteiger partial charge in [-0.3, -0.25) is 4.98 Å². The van der Waals surface area contributed by atoms with E-state index in [1.54, 1.807) is 6.20 Å². The molecule has 0 N–H and O–H groups in total. The van der Waals surface area contributed by atoms with E-state index in [1.807, 2.05) is 60.7 Å². The zero-order chi connectivity index (χ0) is 26.9. The first kappa shape index (κ1) is 22.2. The van der Waals surface area contributed by atoms with Crippen LogP contribution in [-0.4, -0.2) is 19.9 Å². The fourth-order valence-electron chi connectivity index (χ4n) is 6.10. The molecule has 5 heteroatoms. The first-order chi connectivity index (χ1) is 20.3. The largest absolute Gasteiger partial charge is 0.454 e. The van der Waals surface area contributed by atoms with Crippen LogP contribution in [0.5, 0.6) is 0 Å². The van der Waals surface area contributed by atoms with Crippen molar-refractivity contribution < 1.29 is 4.42 Å². The Balaban J connectivity index is 1.29. The molecule has 0 atom stereocenters. The molecule has 5 aromatic carbocycles. The topological polar surface area (TPSA) is 64.7 Å². The van der Waals surface area contributed by atoms with Crippen molar-refractivity contribution in [2.24, 2.45) is 0 Å². The van der Waals surface area contributed by atoms with Gasteiger partial charge in [0.05, 0.1) is 5.39 Å². The van der Waals surface area contributed by atoms with Crippen LogP contribution >= 0.6 is 0 Å². The molecule has 1 aliphatic rings. The molecule has 0 unspecified atom stereocenters. The molecule has 0 aliphatic heterocycles. The second-order valence-electron chi connectivity index (χ2n) is 10.3. The molecule has 1 aliphatic carbocycles. The Hall–Kier alpha value is -5.68. The van der Waals surface area contributed by atoms with Gasteiger partial charge in [0, 0.05) is 22.9 Å². The molecule has 0 fully saturated rings. The molecule has 3 aromatic heterocycles. The zero-order valence-corrected chi connectivity index (χ0v) is 21.7. The van der Waals surface area contributed by atoms with Crippen molar-refractivity contribution >= 4 is 32.8 Å². The number of rotatable bonds is 3. The molecule has 190 valence electrons. The molecule has 3 heterocycles. The van der Waals surface area contributed by atoms with Crippen molar-refractivity contribution in [3.8, 4) is 56.4 Å². The molecular weight excluding hydrogens is 504 g/mol. The van der Waals surface area contributed by atoms with Gasteiger partial charge < -0.3 is 4.42 Å². The van der Waals surface area contributed by atoms with E-state index < -0.39 is 0 Å². The van der Waals surface area contributed by atoms with Gasteiger partial charge in [0.15, 0.2) is 23.1 Å². The van der Waals surface area contributed by atoms with Crippen LogP contribution in [-0.2, 0) is 0 Å². The SMILES string of the molecule is c1ccc(-c2nc(-c3ccc4c(c3)-c3cccc5cccc-4c35)nc(-c3cccc4oc5cccnc5c34)n2)cc1. The normalized spacial score (nSPS) is 11.9. The maximum Gasteiger partial charge on any atom is 0.164 e. The van der Waals surface area contributed by atoms with E-state index in [4.69, 9.17) is 19.4 Å². The smallest absolute Gasteiger partial charge is 0.164 e. The van der Waals surface area contributed by atoms with Crippen molar-refractivity contribution in [3.63, 3.8) is 0 Å². The summed E-state index contributed by atoms with van der Waals surface area (Å²) in [6.07, 6.45) is 1.78. The molecule has 5 nitrogen and oxygen atoms in total. The first-order valence-corrected chi connectivity index (χ1v) is 13.6. The van der Waals surface area contributed by atoms with E-state index in [0.29, 0.717) is 17.5 Å². The Bertz CT molecular complexity index is 2320. The highest BCUT2D eigenvalue weighted by atomic mass is 16.3. The Labute approximate surface area is 234 Å². The van der Waals surface area contributed by atoms with Crippen LogP contribution in [0, 0.1) is 0 Å². The highest BCUT2D eigenvalue weighted by molar-refractivity contribution is 6.15. The maximum absolute atomic E-state index is 6.12. The minimum Gasteiger partial charge on any atom is -0.454 e. The molecule has 41 heavy (non-hydrogen) atoms. The third kappa shape index (κ3) is 3.29. The van der Waals surface area contributed by atoms with E-state index in [9.17, 15) is 0 Å². The van der Waals surface area contributed by atoms with Gasteiger partial charge in [-0.15, -0.1) is 0 Å². The quantitative estimate of drug-likeness (QED) is 0.231. The van der Waals surface area contributed by atoms with E-state index in [2.05, 4.69) is 59.6 Å². The molecule has 9 rings (SSSR count). The molecule has 0 spiro atoms. The predicted octanol–water partition coefficient (Wildman–Crippen LogP) is 8.97. The average molecular weight is 525 g/mol. The van der Waals surface area contributed by atoms with Gasteiger partial charge in [-0.1, -0.05) is 91.0 Å². The summed E-state index contributed by atoms with van der Waals surface area (Å²) in [5, 5.41) is 3.45. The summed E-state index contributed by atoms with van der Waals surface area (Å²) in [5.74, 6) is 1.82. The summed E-state index contributed by atoms with van der Waals surface area (Å²) in [6, 6.07) is 39.4. The summed E-state index contributed by atoms with van der Waals surface area (Å²) in [4.78, 5) is 19.7. The van der Waals surface area contributed by atoms with E-state index >= 15 is 0 Å². The van der Waals surface area contributed by atoms with Crippen LogP contribution in [0.15, 0.2) is 126 Å². The van der Waals surface area contributed by atoms with Gasteiger partial charge in [0.1, 0.15) is 11.1 Å². The van der Waals surface area contributed by atoms with Crippen molar-refractivity contribution in [3.05, 3.63) is 121 Å². The molecular formula is C36H20N4O. The second-order valence-corrected chi connectivity index (χ2v) is 10.3. The molecule has 8 aromatic rings. The predicted molar refractivity (Wildman–Crippen MR) is 163 cm³/mol. The van der Waals surface area contributed by atoms with Crippen molar-refractivity contribution in [2.75, 3.05) is 0 Å². The Morgan fingerprint density at radius 1 is 0.439 bits per heavy atom. The van der Waals surface area contributed by atoms with Gasteiger partial charge in [0.25, 0.3) is 0 Å². The van der Waals surface area contributed by atoms with E-state index in [1.165, 1.54) is 33.0 Å². The number of pyridine rings is 1. The molecule has 0 amide bonds. The summed E-state index contributed by atoms with van der Waals surface area (Å²) >= 11 is 0. The van der Waals surface area contributed by atoms with Crippen LogP contribution in [0.25, 0.3) is 89.3 Å². The highest BCUT2D eigenvalue weighted by Crippen LogP contribution is 2.48. The van der Waals surface area contributed by atoms with Crippen LogP contribution in [0.1, 0.15) is 0 Å². The number of hydrogen-bond donors (Lipinski definition) is 0. The summed E-state index contributed by atoms with van der Waals surface area (Å²) in [6.45, 7) is 0.